The van der Waals surface area contributed by atoms with Crippen LogP contribution in [0, 0.1) is 6.92 Å². The Labute approximate surface area is 102 Å². The number of carbonyl (C=O) groups is 1. The van der Waals surface area contributed by atoms with E-state index in [0.717, 1.165) is 37.1 Å². The van der Waals surface area contributed by atoms with Crippen LogP contribution in [0.3, 0.4) is 0 Å². The maximum Gasteiger partial charge on any atom is 0.220 e. The Balaban J connectivity index is 1.62. The number of rotatable bonds is 6. The van der Waals surface area contributed by atoms with E-state index in [1.807, 2.05) is 19.2 Å². The second kappa shape index (κ2) is 5.66. The average Bonchev–Trinajstić information content (AvgIpc) is 3.10. The third-order valence-corrected chi connectivity index (χ3v) is 2.86. The number of hydrogen-bond acceptors (Lipinski definition) is 3. The third kappa shape index (κ3) is 4.06. The SMILES string of the molecule is Cc1cnccc1NCCCC(=O)NC1CC1. The predicted molar refractivity (Wildman–Crippen MR) is 67.9 cm³/mol. The van der Waals surface area contributed by atoms with Gasteiger partial charge in [-0.3, -0.25) is 9.78 Å². The highest BCUT2D eigenvalue weighted by Gasteiger charge is 2.22. The number of hydrogen-bond donors (Lipinski definition) is 2. The fourth-order valence-corrected chi connectivity index (χ4v) is 1.67. The van der Waals surface area contributed by atoms with Crippen molar-refractivity contribution in [2.24, 2.45) is 0 Å². The summed E-state index contributed by atoms with van der Waals surface area (Å²) in [6.45, 7) is 2.85. The van der Waals surface area contributed by atoms with Crippen LogP contribution in [0.5, 0.6) is 0 Å². The number of anilines is 1. The fourth-order valence-electron chi connectivity index (χ4n) is 1.67. The fraction of sp³-hybridized carbons (Fsp3) is 0.538. The first-order valence-electron chi connectivity index (χ1n) is 6.19. The van der Waals surface area contributed by atoms with Gasteiger partial charge in [0.15, 0.2) is 0 Å². The van der Waals surface area contributed by atoms with Crippen LogP contribution in [0.4, 0.5) is 5.69 Å². The first-order chi connectivity index (χ1) is 8.25. The normalized spacial score (nSPS) is 14.4. The van der Waals surface area contributed by atoms with E-state index in [2.05, 4.69) is 15.6 Å². The minimum absolute atomic E-state index is 0.181. The summed E-state index contributed by atoms with van der Waals surface area (Å²) >= 11 is 0. The lowest BCUT2D eigenvalue weighted by Crippen LogP contribution is -2.25. The maximum absolute atomic E-state index is 11.4. The summed E-state index contributed by atoms with van der Waals surface area (Å²) in [6.07, 6.45) is 7.38. The lowest BCUT2D eigenvalue weighted by Gasteiger charge is -2.08. The molecule has 4 nitrogen and oxygen atoms in total. The Morgan fingerprint density at radius 2 is 2.35 bits per heavy atom. The quantitative estimate of drug-likeness (QED) is 0.737. The molecule has 2 N–H and O–H groups in total. The van der Waals surface area contributed by atoms with Crippen molar-refractivity contribution in [2.75, 3.05) is 11.9 Å². The molecule has 0 atom stereocenters. The molecule has 1 heterocycles. The van der Waals surface area contributed by atoms with Gasteiger partial charge in [0.05, 0.1) is 0 Å². The molecule has 0 radical (unpaired) electrons. The number of aromatic nitrogens is 1. The summed E-state index contributed by atoms with van der Waals surface area (Å²) in [5, 5.41) is 6.30. The zero-order valence-corrected chi connectivity index (χ0v) is 10.2. The van der Waals surface area contributed by atoms with E-state index in [1.54, 1.807) is 6.20 Å². The molecule has 0 spiro atoms. The highest BCUT2D eigenvalue weighted by atomic mass is 16.1. The molecule has 0 bridgehead atoms. The van der Waals surface area contributed by atoms with Crippen LogP contribution in [0.2, 0.25) is 0 Å². The first-order valence-corrected chi connectivity index (χ1v) is 6.19. The predicted octanol–water partition coefficient (Wildman–Crippen LogP) is 1.86. The van der Waals surface area contributed by atoms with Gasteiger partial charge in [-0.25, -0.2) is 0 Å². The Morgan fingerprint density at radius 1 is 1.53 bits per heavy atom. The molecule has 0 aliphatic heterocycles. The minimum Gasteiger partial charge on any atom is -0.385 e. The largest absolute Gasteiger partial charge is 0.385 e. The van der Waals surface area contributed by atoms with Crippen molar-refractivity contribution >= 4 is 11.6 Å². The molecular formula is C13H19N3O. The van der Waals surface area contributed by atoms with E-state index in [4.69, 9.17) is 0 Å². The van der Waals surface area contributed by atoms with Crippen molar-refractivity contribution in [1.82, 2.24) is 10.3 Å². The minimum atomic E-state index is 0.181. The van der Waals surface area contributed by atoms with Crippen LogP contribution in [-0.2, 0) is 4.79 Å². The zero-order valence-electron chi connectivity index (χ0n) is 10.2. The molecule has 1 aromatic heterocycles. The molecule has 4 heteroatoms. The van der Waals surface area contributed by atoms with E-state index >= 15 is 0 Å². The van der Waals surface area contributed by atoms with Crippen molar-refractivity contribution in [1.29, 1.82) is 0 Å². The summed E-state index contributed by atoms with van der Waals surface area (Å²) in [5.74, 6) is 0.181. The zero-order chi connectivity index (χ0) is 12.1. The molecule has 17 heavy (non-hydrogen) atoms. The molecule has 1 fully saturated rings. The van der Waals surface area contributed by atoms with Crippen LogP contribution in [0.25, 0.3) is 0 Å². The highest BCUT2D eigenvalue weighted by Crippen LogP contribution is 2.18. The van der Waals surface area contributed by atoms with Gasteiger partial charge in [-0.1, -0.05) is 0 Å². The van der Waals surface area contributed by atoms with Crippen molar-refractivity contribution in [3.63, 3.8) is 0 Å². The Kier molecular flexibility index (Phi) is 3.96. The lowest BCUT2D eigenvalue weighted by molar-refractivity contribution is -0.121. The molecule has 1 amide bonds. The second-order valence-corrected chi connectivity index (χ2v) is 4.56. The smallest absolute Gasteiger partial charge is 0.220 e. The third-order valence-electron chi connectivity index (χ3n) is 2.86. The van der Waals surface area contributed by atoms with E-state index in [-0.39, 0.29) is 5.91 Å². The van der Waals surface area contributed by atoms with Gasteiger partial charge in [0.1, 0.15) is 0 Å². The Bertz CT molecular complexity index is 388. The molecular weight excluding hydrogens is 214 g/mol. The summed E-state index contributed by atoms with van der Waals surface area (Å²) in [5.41, 5.74) is 2.23. The van der Waals surface area contributed by atoms with Gasteiger partial charge in [0.2, 0.25) is 5.91 Å². The van der Waals surface area contributed by atoms with Gasteiger partial charge in [-0.2, -0.15) is 0 Å². The van der Waals surface area contributed by atoms with Crippen LogP contribution in [0.1, 0.15) is 31.2 Å². The molecule has 1 aliphatic rings. The van der Waals surface area contributed by atoms with Crippen molar-refractivity contribution < 1.29 is 4.79 Å². The summed E-state index contributed by atoms with van der Waals surface area (Å²) in [4.78, 5) is 15.5. The van der Waals surface area contributed by atoms with Crippen LogP contribution in [0.15, 0.2) is 18.5 Å². The number of pyridine rings is 1. The van der Waals surface area contributed by atoms with Gasteiger partial charge >= 0.3 is 0 Å². The van der Waals surface area contributed by atoms with Gasteiger partial charge < -0.3 is 10.6 Å². The van der Waals surface area contributed by atoms with E-state index in [9.17, 15) is 4.79 Å². The Hall–Kier alpha value is -1.58. The molecule has 0 saturated heterocycles. The summed E-state index contributed by atoms with van der Waals surface area (Å²) < 4.78 is 0. The molecule has 1 aliphatic carbocycles. The topological polar surface area (TPSA) is 54.0 Å². The maximum atomic E-state index is 11.4. The number of nitrogens with zero attached hydrogens (tertiary/aromatic N) is 1. The second-order valence-electron chi connectivity index (χ2n) is 4.56. The summed E-state index contributed by atoms with van der Waals surface area (Å²) in [6, 6.07) is 2.43. The standard InChI is InChI=1S/C13H19N3O/c1-10-9-14-8-6-12(10)15-7-2-3-13(17)16-11-4-5-11/h6,8-9,11H,2-5,7H2,1H3,(H,14,15)(H,16,17). The number of nitrogens with one attached hydrogen (secondary N) is 2. The molecule has 0 unspecified atom stereocenters. The summed E-state index contributed by atoms with van der Waals surface area (Å²) in [7, 11) is 0. The van der Waals surface area contributed by atoms with Gasteiger partial charge in [-0.15, -0.1) is 0 Å². The number of carbonyl (C=O) groups excluding carboxylic acids is 1. The Morgan fingerprint density at radius 3 is 3.06 bits per heavy atom. The molecule has 92 valence electrons. The van der Waals surface area contributed by atoms with Crippen molar-refractivity contribution in [3.8, 4) is 0 Å². The highest BCUT2D eigenvalue weighted by molar-refractivity contribution is 5.76. The van der Waals surface area contributed by atoms with E-state index < -0.39 is 0 Å². The first kappa shape index (κ1) is 11.9. The monoisotopic (exact) mass is 233 g/mol. The van der Waals surface area contributed by atoms with Gasteiger partial charge in [-0.05, 0) is 37.8 Å². The van der Waals surface area contributed by atoms with E-state index in [1.165, 1.54) is 0 Å². The van der Waals surface area contributed by atoms with Gasteiger partial charge in [0, 0.05) is 37.1 Å². The van der Waals surface area contributed by atoms with Crippen LogP contribution < -0.4 is 10.6 Å². The molecule has 1 aromatic rings. The molecule has 1 saturated carbocycles. The van der Waals surface area contributed by atoms with Gasteiger partial charge in [0.25, 0.3) is 0 Å². The van der Waals surface area contributed by atoms with Crippen LogP contribution >= 0.6 is 0 Å². The average molecular weight is 233 g/mol. The number of amides is 1. The van der Waals surface area contributed by atoms with Crippen LogP contribution in [-0.4, -0.2) is 23.5 Å². The van der Waals surface area contributed by atoms with E-state index in [0.29, 0.717) is 12.5 Å². The molecule has 2 rings (SSSR count). The lowest BCUT2D eigenvalue weighted by atomic mass is 10.2. The van der Waals surface area contributed by atoms with Crippen molar-refractivity contribution in [2.45, 2.75) is 38.6 Å². The number of aryl methyl sites for hydroxylation is 1. The van der Waals surface area contributed by atoms with Crippen molar-refractivity contribution in [3.05, 3.63) is 24.0 Å². The molecule has 0 aromatic carbocycles.